The van der Waals surface area contributed by atoms with E-state index in [9.17, 15) is 4.79 Å². The Hall–Kier alpha value is -2.96. The van der Waals surface area contributed by atoms with Crippen LogP contribution >= 0.6 is 11.6 Å². The first-order valence-corrected chi connectivity index (χ1v) is 11.1. The van der Waals surface area contributed by atoms with E-state index in [-0.39, 0.29) is 5.91 Å². The number of rotatable bonds is 6. The second kappa shape index (κ2) is 10.1. The third kappa shape index (κ3) is 5.09. The topological polar surface area (TPSA) is 58.0 Å². The first kappa shape index (κ1) is 22.2. The number of morpholine rings is 1. The molecule has 7 heteroatoms. The van der Waals surface area contributed by atoms with Crippen molar-refractivity contribution in [2.45, 2.75) is 12.8 Å². The van der Waals surface area contributed by atoms with Crippen LogP contribution in [0.2, 0.25) is 5.02 Å². The number of carbonyl (C=O) groups is 1. The molecule has 2 aliphatic rings. The van der Waals surface area contributed by atoms with Gasteiger partial charge in [-0.3, -0.25) is 9.79 Å². The zero-order valence-corrected chi connectivity index (χ0v) is 19.0. The molecule has 1 saturated heterocycles. The van der Waals surface area contributed by atoms with E-state index in [0.717, 1.165) is 55.2 Å². The molecule has 1 aromatic heterocycles. The summed E-state index contributed by atoms with van der Waals surface area (Å²) in [6, 6.07) is 9.55. The molecule has 166 valence electrons. The average Bonchev–Trinajstić information content (AvgIpc) is 2.80. The third-order valence-corrected chi connectivity index (χ3v) is 5.93. The van der Waals surface area contributed by atoms with Crippen molar-refractivity contribution in [2.24, 2.45) is 4.99 Å². The summed E-state index contributed by atoms with van der Waals surface area (Å²) in [6.07, 6.45) is 7.04. The molecule has 0 radical (unpaired) electrons. The second-order valence-electron chi connectivity index (χ2n) is 7.91. The number of allylic oxidation sites excluding steroid dienone is 2. The van der Waals surface area contributed by atoms with Gasteiger partial charge in [0.15, 0.2) is 0 Å². The Morgan fingerprint density at radius 1 is 1.25 bits per heavy atom. The summed E-state index contributed by atoms with van der Waals surface area (Å²) in [6.45, 7) is 7.93. The van der Waals surface area contributed by atoms with Gasteiger partial charge in [0.05, 0.1) is 13.2 Å². The quantitative estimate of drug-likeness (QED) is 0.494. The van der Waals surface area contributed by atoms with Crippen molar-refractivity contribution in [3.8, 4) is 0 Å². The highest BCUT2D eigenvalue weighted by molar-refractivity contribution is 6.30. The van der Waals surface area contributed by atoms with Gasteiger partial charge in [-0.2, -0.15) is 0 Å². The van der Waals surface area contributed by atoms with Gasteiger partial charge in [-0.15, -0.1) is 0 Å². The summed E-state index contributed by atoms with van der Waals surface area (Å²) < 4.78 is 5.41. The smallest absolute Gasteiger partial charge is 0.258 e. The molecule has 4 rings (SSSR count). The van der Waals surface area contributed by atoms with Gasteiger partial charge in [0.1, 0.15) is 5.82 Å². The highest BCUT2D eigenvalue weighted by Crippen LogP contribution is 2.25. The normalized spacial score (nSPS) is 17.1. The molecule has 6 nitrogen and oxygen atoms in total. The Kier molecular flexibility index (Phi) is 7.02. The molecule has 0 aliphatic carbocycles. The van der Waals surface area contributed by atoms with Crippen LogP contribution in [0.4, 0.5) is 5.82 Å². The molecule has 0 N–H and O–H groups in total. The van der Waals surface area contributed by atoms with E-state index in [1.165, 1.54) is 0 Å². The minimum atomic E-state index is -0.0477. The molecule has 1 amide bonds. The molecule has 0 atom stereocenters. The van der Waals surface area contributed by atoms with E-state index >= 15 is 0 Å². The third-order valence-electron chi connectivity index (χ3n) is 5.69. The Labute approximate surface area is 193 Å². The fourth-order valence-electron chi connectivity index (χ4n) is 4.06. The number of amides is 1. The van der Waals surface area contributed by atoms with Crippen LogP contribution in [0.1, 0.15) is 21.5 Å². The molecular formula is C25H27ClN4O2. The number of hydrogen-bond acceptors (Lipinski definition) is 5. The summed E-state index contributed by atoms with van der Waals surface area (Å²) in [5.41, 5.74) is 4.36. The number of pyridine rings is 1. The van der Waals surface area contributed by atoms with Gasteiger partial charge >= 0.3 is 0 Å². The minimum Gasteiger partial charge on any atom is -0.378 e. The first-order chi connectivity index (χ1) is 15.5. The number of carbonyl (C=O) groups excluding carboxylic acids is 1. The number of aliphatic imine (C=N–C) groups is 1. The number of halogens is 1. The first-order valence-electron chi connectivity index (χ1n) is 10.7. The lowest BCUT2D eigenvalue weighted by atomic mass is 9.98. The number of aromatic nitrogens is 1. The van der Waals surface area contributed by atoms with E-state index in [0.29, 0.717) is 29.2 Å². The lowest BCUT2D eigenvalue weighted by Gasteiger charge is -2.29. The summed E-state index contributed by atoms with van der Waals surface area (Å²) in [5.74, 6) is 0.919. The van der Waals surface area contributed by atoms with Gasteiger partial charge in [-0.25, -0.2) is 4.98 Å². The maximum absolute atomic E-state index is 13.0. The van der Waals surface area contributed by atoms with Crippen molar-refractivity contribution in [2.75, 3.05) is 44.8 Å². The number of nitrogens with zero attached hydrogens (tertiary/aromatic N) is 4. The maximum atomic E-state index is 13.0. The van der Waals surface area contributed by atoms with Gasteiger partial charge in [-0.05, 0) is 53.5 Å². The molecule has 1 aromatic carbocycles. The molecule has 0 spiro atoms. The molecule has 0 unspecified atom stereocenters. The number of benzene rings is 1. The monoisotopic (exact) mass is 450 g/mol. The van der Waals surface area contributed by atoms with Crippen LogP contribution in [0.25, 0.3) is 0 Å². The molecular weight excluding hydrogens is 424 g/mol. The minimum absolute atomic E-state index is 0.0477. The molecule has 2 aliphatic heterocycles. The van der Waals surface area contributed by atoms with Crippen LogP contribution < -0.4 is 4.90 Å². The predicted octanol–water partition coefficient (Wildman–Crippen LogP) is 3.95. The highest BCUT2D eigenvalue weighted by Gasteiger charge is 2.25. The highest BCUT2D eigenvalue weighted by atomic mass is 35.5. The van der Waals surface area contributed by atoms with Crippen LogP contribution in [0.15, 0.2) is 65.4 Å². The molecule has 3 heterocycles. The van der Waals surface area contributed by atoms with Gasteiger partial charge in [-0.1, -0.05) is 24.2 Å². The Balaban J connectivity index is 1.47. The van der Waals surface area contributed by atoms with Gasteiger partial charge in [0.2, 0.25) is 0 Å². The zero-order chi connectivity index (χ0) is 22.5. The summed E-state index contributed by atoms with van der Waals surface area (Å²) in [7, 11) is 1.74. The van der Waals surface area contributed by atoms with Crippen LogP contribution in [-0.4, -0.2) is 61.9 Å². The standard InChI is InChI=1S/C25H27ClN4O2/c1-18(30-8-7-21-15-22(26)4-5-23(21)25(30)31)13-20(16-27-2)14-19-3-6-24(28-17-19)29-9-11-32-12-10-29/h3-6,13,15-17H,1,7-12,14H2,2H3/b20-13-,27-16?. The fraction of sp³-hybridized carbons (Fsp3) is 0.320. The van der Waals surface area contributed by atoms with Gasteiger partial charge < -0.3 is 14.5 Å². The molecule has 32 heavy (non-hydrogen) atoms. The van der Waals surface area contributed by atoms with Crippen molar-refractivity contribution in [3.63, 3.8) is 0 Å². The largest absolute Gasteiger partial charge is 0.378 e. The zero-order valence-electron chi connectivity index (χ0n) is 18.3. The van der Waals surface area contributed by atoms with Crippen LogP contribution in [0, 0.1) is 0 Å². The van der Waals surface area contributed by atoms with Crippen LogP contribution in [-0.2, 0) is 17.6 Å². The summed E-state index contributed by atoms with van der Waals surface area (Å²) in [5, 5.41) is 0.651. The van der Waals surface area contributed by atoms with Crippen molar-refractivity contribution in [1.29, 1.82) is 0 Å². The Bertz CT molecular complexity index is 1060. The fourth-order valence-corrected chi connectivity index (χ4v) is 4.25. The van der Waals surface area contributed by atoms with Crippen LogP contribution in [0.3, 0.4) is 0 Å². The average molecular weight is 451 g/mol. The number of ether oxygens (including phenoxy) is 1. The number of hydrogen-bond donors (Lipinski definition) is 0. The van der Waals surface area contributed by atoms with Crippen molar-refractivity contribution in [3.05, 3.63) is 82.2 Å². The summed E-state index contributed by atoms with van der Waals surface area (Å²) >= 11 is 6.08. The SMILES string of the molecule is C=C(/C=C(\C=NC)Cc1ccc(N2CCOCC2)nc1)N1CCc2cc(Cl)ccc2C1=O. The summed E-state index contributed by atoms with van der Waals surface area (Å²) in [4.78, 5) is 25.8. The van der Waals surface area contributed by atoms with Gasteiger partial charge in [0.25, 0.3) is 5.91 Å². The lowest BCUT2D eigenvalue weighted by Crippen LogP contribution is -2.36. The predicted molar refractivity (Wildman–Crippen MR) is 129 cm³/mol. The second-order valence-corrected chi connectivity index (χ2v) is 8.34. The van der Waals surface area contributed by atoms with E-state index in [2.05, 4.69) is 27.5 Å². The maximum Gasteiger partial charge on any atom is 0.258 e. The number of fused-ring (bicyclic) bond motifs is 1. The van der Waals surface area contributed by atoms with Crippen molar-refractivity contribution < 1.29 is 9.53 Å². The molecule has 1 fully saturated rings. The van der Waals surface area contributed by atoms with Crippen LogP contribution in [0.5, 0.6) is 0 Å². The van der Waals surface area contributed by atoms with E-state index in [1.54, 1.807) is 24.1 Å². The van der Waals surface area contributed by atoms with Crippen molar-refractivity contribution >= 4 is 29.5 Å². The molecule has 0 saturated carbocycles. The van der Waals surface area contributed by atoms with E-state index < -0.39 is 0 Å². The molecule has 0 bridgehead atoms. The van der Waals surface area contributed by atoms with Crippen molar-refractivity contribution in [1.82, 2.24) is 9.88 Å². The number of anilines is 1. The lowest BCUT2D eigenvalue weighted by molar-refractivity contribution is 0.0797. The van der Waals surface area contributed by atoms with Gasteiger partial charge in [0, 0.05) is 61.8 Å². The van der Waals surface area contributed by atoms with E-state index in [1.807, 2.05) is 30.6 Å². The van der Waals surface area contributed by atoms with E-state index in [4.69, 9.17) is 16.3 Å². The Morgan fingerprint density at radius 2 is 2.06 bits per heavy atom. The Morgan fingerprint density at radius 3 is 2.78 bits per heavy atom. The molecule has 2 aromatic rings.